The van der Waals surface area contributed by atoms with Crippen molar-refractivity contribution in [2.45, 2.75) is 13.5 Å². The fourth-order valence-corrected chi connectivity index (χ4v) is 3.50. The summed E-state index contributed by atoms with van der Waals surface area (Å²) in [5.74, 6) is -1.74. The minimum atomic E-state index is -0.688. The molecule has 2 aromatic carbocycles. The van der Waals surface area contributed by atoms with Gasteiger partial charge in [-0.3, -0.25) is 24.6 Å². The zero-order valence-corrected chi connectivity index (χ0v) is 15.9. The molecule has 10 heteroatoms. The standard InChI is InChI=1S/C19H15FN2O6S/c1-2-28-15-9-13(22(26)27)7-12(17(15)23)8-16-18(24)21(19(25)29-16)10-11-5-3-4-6-14(11)20/h3-9,23H,2,10H2,1H3/b16-8-. The molecule has 29 heavy (non-hydrogen) atoms. The molecule has 0 saturated carbocycles. The van der Waals surface area contributed by atoms with E-state index < -0.39 is 27.6 Å². The molecule has 150 valence electrons. The van der Waals surface area contributed by atoms with Crippen molar-refractivity contribution in [2.24, 2.45) is 0 Å². The van der Waals surface area contributed by atoms with Gasteiger partial charge in [0.05, 0.1) is 29.0 Å². The number of amides is 2. The van der Waals surface area contributed by atoms with E-state index in [1.807, 2.05) is 0 Å². The summed E-state index contributed by atoms with van der Waals surface area (Å²) in [6, 6.07) is 7.91. The number of hydrogen-bond donors (Lipinski definition) is 1. The topological polar surface area (TPSA) is 110 Å². The SMILES string of the molecule is CCOc1cc([N+](=O)[O-])cc(/C=C2\SC(=O)N(Cc3ccccc3F)C2=O)c1O. The lowest BCUT2D eigenvalue weighted by atomic mass is 10.1. The molecule has 1 aliphatic heterocycles. The van der Waals surface area contributed by atoms with Crippen LogP contribution in [0, 0.1) is 15.9 Å². The van der Waals surface area contributed by atoms with Gasteiger partial charge in [-0.1, -0.05) is 18.2 Å². The lowest BCUT2D eigenvalue weighted by Gasteiger charge is -2.13. The van der Waals surface area contributed by atoms with Crippen molar-refractivity contribution in [2.75, 3.05) is 6.61 Å². The largest absolute Gasteiger partial charge is 0.504 e. The predicted octanol–water partition coefficient (Wildman–Crippen LogP) is 4.07. The van der Waals surface area contributed by atoms with Crippen molar-refractivity contribution in [1.29, 1.82) is 0 Å². The Bertz CT molecular complexity index is 1040. The maximum Gasteiger partial charge on any atom is 0.293 e. The first-order chi connectivity index (χ1) is 13.8. The number of thioether (sulfide) groups is 1. The Morgan fingerprint density at radius 1 is 1.31 bits per heavy atom. The van der Waals surface area contributed by atoms with Gasteiger partial charge in [-0.15, -0.1) is 0 Å². The van der Waals surface area contributed by atoms with E-state index >= 15 is 0 Å². The molecule has 1 heterocycles. The van der Waals surface area contributed by atoms with Crippen LogP contribution in [-0.4, -0.2) is 32.7 Å². The summed E-state index contributed by atoms with van der Waals surface area (Å²) in [6.45, 7) is 1.55. The summed E-state index contributed by atoms with van der Waals surface area (Å²) < 4.78 is 19.0. The molecule has 0 aromatic heterocycles. The summed E-state index contributed by atoms with van der Waals surface area (Å²) in [5.41, 5.74) is -0.213. The second kappa shape index (κ2) is 8.31. The van der Waals surface area contributed by atoms with Crippen molar-refractivity contribution >= 4 is 34.7 Å². The molecule has 0 radical (unpaired) electrons. The minimum Gasteiger partial charge on any atom is -0.504 e. The molecular weight excluding hydrogens is 403 g/mol. The average molecular weight is 418 g/mol. The summed E-state index contributed by atoms with van der Waals surface area (Å²) in [4.78, 5) is 36.2. The number of nitro benzene ring substituents is 1. The molecule has 2 aromatic rings. The number of benzene rings is 2. The third-order valence-corrected chi connectivity index (χ3v) is 4.95. The van der Waals surface area contributed by atoms with E-state index in [0.717, 1.165) is 17.0 Å². The number of nitro groups is 1. The molecule has 1 fully saturated rings. The van der Waals surface area contributed by atoms with Gasteiger partial charge < -0.3 is 9.84 Å². The van der Waals surface area contributed by atoms with Crippen LogP contribution in [0.3, 0.4) is 0 Å². The number of carbonyl (C=O) groups excluding carboxylic acids is 2. The maximum absolute atomic E-state index is 13.8. The number of ether oxygens (including phenoxy) is 1. The Hall–Kier alpha value is -3.40. The van der Waals surface area contributed by atoms with Crippen LogP contribution in [0.2, 0.25) is 0 Å². The van der Waals surface area contributed by atoms with Gasteiger partial charge in [0.15, 0.2) is 11.5 Å². The second-order valence-corrected chi connectivity index (χ2v) is 6.92. The number of nitrogens with zero attached hydrogens (tertiary/aromatic N) is 2. The van der Waals surface area contributed by atoms with E-state index in [-0.39, 0.29) is 40.6 Å². The van der Waals surface area contributed by atoms with Crippen LogP contribution in [0.15, 0.2) is 41.3 Å². The third-order valence-electron chi connectivity index (χ3n) is 4.05. The average Bonchev–Trinajstić information content (AvgIpc) is 2.94. The fraction of sp³-hybridized carbons (Fsp3) is 0.158. The first kappa shape index (κ1) is 20.3. The summed E-state index contributed by atoms with van der Waals surface area (Å²) in [5, 5.41) is 20.8. The molecule has 0 bridgehead atoms. The van der Waals surface area contributed by atoms with E-state index in [1.165, 1.54) is 24.3 Å². The number of imide groups is 1. The summed E-state index contributed by atoms with van der Waals surface area (Å²) in [6.07, 6.45) is 1.18. The van der Waals surface area contributed by atoms with Gasteiger partial charge >= 0.3 is 0 Å². The van der Waals surface area contributed by atoms with Crippen LogP contribution in [0.4, 0.5) is 14.9 Å². The molecular formula is C19H15FN2O6S. The highest BCUT2D eigenvalue weighted by atomic mass is 32.2. The fourth-order valence-electron chi connectivity index (χ4n) is 2.67. The highest BCUT2D eigenvalue weighted by Gasteiger charge is 2.35. The second-order valence-electron chi connectivity index (χ2n) is 5.93. The van der Waals surface area contributed by atoms with Crippen molar-refractivity contribution in [1.82, 2.24) is 4.90 Å². The lowest BCUT2D eigenvalue weighted by Crippen LogP contribution is -2.27. The smallest absolute Gasteiger partial charge is 0.293 e. The molecule has 0 aliphatic carbocycles. The Kier molecular flexibility index (Phi) is 5.83. The normalized spacial score (nSPS) is 15.2. The Balaban J connectivity index is 1.95. The van der Waals surface area contributed by atoms with Crippen LogP contribution in [0.25, 0.3) is 6.08 Å². The lowest BCUT2D eigenvalue weighted by molar-refractivity contribution is -0.385. The maximum atomic E-state index is 13.8. The van der Waals surface area contributed by atoms with Crippen LogP contribution < -0.4 is 4.74 Å². The van der Waals surface area contributed by atoms with E-state index in [9.17, 15) is 29.2 Å². The molecule has 8 nitrogen and oxygen atoms in total. The molecule has 1 N–H and O–H groups in total. The molecule has 1 saturated heterocycles. The summed E-state index contributed by atoms with van der Waals surface area (Å²) >= 11 is 0.598. The number of carbonyl (C=O) groups is 2. The van der Waals surface area contributed by atoms with Crippen molar-refractivity contribution in [3.8, 4) is 11.5 Å². The minimum absolute atomic E-state index is 0.0426. The van der Waals surface area contributed by atoms with Crippen LogP contribution in [0.1, 0.15) is 18.1 Å². The number of halogens is 1. The molecule has 3 rings (SSSR count). The highest BCUT2D eigenvalue weighted by Crippen LogP contribution is 2.39. The van der Waals surface area contributed by atoms with Crippen molar-refractivity contribution in [3.05, 3.63) is 68.4 Å². The van der Waals surface area contributed by atoms with E-state index in [1.54, 1.807) is 13.0 Å². The Morgan fingerprint density at radius 3 is 2.69 bits per heavy atom. The van der Waals surface area contributed by atoms with Gasteiger partial charge in [-0.2, -0.15) is 0 Å². The number of aromatic hydroxyl groups is 1. The molecule has 0 unspecified atom stereocenters. The van der Waals surface area contributed by atoms with Gasteiger partial charge in [-0.05, 0) is 30.8 Å². The third kappa shape index (κ3) is 4.21. The van der Waals surface area contributed by atoms with E-state index in [2.05, 4.69) is 0 Å². The van der Waals surface area contributed by atoms with Crippen molar-refractivity contribution in [3.63, 3.8) is 0 Å². The van der Waals surface area contributed by atoms with E-state index in [0.29, 0.717) is 11.8 Å². The predicted molar refractivity (Wildman–Crippen MR) is 104 cm³/mol. The van der Waals surface area contributed by atoms with Crippen LogP contribution >= 0.6 is 11.8 Å². The number of hydrogen-bond acceptors (Lipinski definition) is 7. The first-order valence-corrected chi connectivity index (χ1v) is 9.26. The Morgan fingerprint density at radius 2 is 2.03 bits per heavy atom. The number of rotatable bonds is 6. The molecule has 0 spiro atoms. The van der Waals surface area contributed by atoms with Gasteiger partial charge in [0, 0.05) is 17.2 Å². The van der Waals surface area contributed by atoms with E-state index in [4.69, 9.17) is 4.74 Å². The quantitative estimate of drug-likeness (QED) is 0.428. The zero-order valence-electron chi connectivity index (χ0n) is 15.1. The highest BCUT2D eigenvalue weighted by molar-refractivity contribution is 8.18. The molecule has 1 aliphatic rings. The first-order valence-electron chi connectivity index (χ1n) is 8.44. The summed E-state index contributed by atoms with van der Waals surface area (Å²) in [7, 11) is 0. The number of phenols is 1. The zero-order chi connectivity index (χ0) is 21.1. The van der Waals surface area contributed by atoms with Crippen LogP contribution in [-0.2, 0) is 11.3 Å². The number of phenolic OH excluding ortho intramolecular Hbond substituents is 1. The molecule has 0 atom stereocenters. The Labute approximate surface area is 168 Å². The molecule has 2 amide bonds. The van der Waals surface area contributed by atoms with Gasteiger partial charge in [0.25, 0.3) is 16.8 Å². The van der Waals surface area contributed by atoms with Crippen LogP contribution in [0.5, 0.6) is 11.5 Å². The number of non-ortho nitro benzene ring substituents is 1. The van der Waals surface area contributed by atoms with Gasteiger partial charge in [0.1, 0.15) is 5.82 Å². The van der Waals surface area contributed by atoms with Gasteiger partial charge in [-0.25, -0.2) is 4.39 Å². The van der Waals surface area contributed by atoms with Gasteiger partial charge in [0.2, 0.25) is 0 Å². The monoisotopic (exact) mass is 418 g/mol. The van der Waals surface area contributed by atoms with Crippen molar-refractivity contribution < 1.29 is 28.7 Å².